The van der Waals surface area contributed by atoms with Crippen molar-refractivity contribution in [3.63, 3.8) is 0 Å². The van der Waals surface area contributed by atoms with Gasteiger partial charge in [0.1, 0.15) is 23.4 Å². The predicted octanol–water partition coefficient (Wildman–Crippen LogP) is 4.33. The summed E-state index contributed by atoms with van der Waals surface area (Å²) in [6, 6.07) is 5.76. The molecule has 2 aromatic rings. The first-order valence-corrected chi connectivity index (χ1v) is 9.22. The van der Waals surface area contributed by atoms with E-state index in [4.69, 9.17) is 9.26 Å². The number of nitrogens with zero attached hydrogens (tertiary/aromatic N) is 1. The third-order valence-corrected chi connectivity index (χ3v) is 4.92. The standard InChI is InChI=1S/C19H20F4N2O3/c20-14-9-24-8-7-16(14)26-10-13-17(25-28-18(13)11-5-6-11)12-3-1-2-4-15(12)27-19(21,22)23/h1-4,11,14,16,24H,5-10H2/t14-,16-/m1/s1. The first-order chi connectivity index (χ1) is 13.4. The summed E-state index contributed by atoms with van der Waals surface area (Å²) >= 11 is 0. The molecule has 0 unspecified atom stereocenters. The Kier molecular flexibility index (Phi) is 5.29. The molecule has 2 heterocycles. The van der Waals surface area contributed by atoms with Crippen molar-refractivity contribution in [3.8, 4) is 17.0 Å². The van der Waals surface area contributed by atoms with Crippen LogP contribution < -0.4 is 10.1 Å². The van der Waals surface area contributed by atoms with Crippen molar-refractivity contribution >= 4 is 0 Å². The average molecular weight is 400 g/mol. The Hall–Kier alpha value is -2.13. The van der Waals surface area contributed by atoms with Crippen LogP contribution in [0.1, 0.15) is 36.5 Å². The smallest absolute Gasteiger partial charge is 0.405 e. The SMILES string of the molecule is F[C@@H]1CNCC[C@H]1OCc1c(-c2ccccc2OC(F)(F)F)noc1C1CC1. The van der Waals surface area contributed by atoms with Crippen LogP contribution in [-0.2, 0) is 11.3 Å². The summed E-state index contributed by atoms with van der Waals surface area (Å²) in [7, 11) is 0. The highest BCUT2D eigenvalue weighted by Gasteiger charge is 2.36. The van der Waals surface area contributed by atoms with E-state index in [2.05, 4.69) is 15.2 Å². The summed E-state index contributed by atoms with van der Waals surface area (Å²) in [6.45, 7) is 0.897. The fourth-order valence-corrected chi connectivity index (χ4v) is 3.39. The molecule has 4 rings (SSSR count). The molecule has 0 radical (unpaired) electrons. The minimum absolute atomic E-state index is 0.0239. The van der Waals surface area contributed by atoms with Crippen molar-refractivity contribution in [2.75, 3.05) is 13.1 Å². The van der Waals surface area contributed by atoms with Crippen LogP contribution in [0.25, 0.3) is 11.3 Å². The number of piperidine rings is 1. The normalized spacial score (nSPS) is 23.0. The zero-order valence-electron chi connectivity index (χ0n) is 15.0. The van der Waals surface area contributed by atoms with E-state index in [0.29, 0.717) is 24.3 Å². The van der Waals surface area contributed by atoms with E-state index in [9.17, 15) is 17.6 Å². The van der Waals surface area contributed by atoms with Crippen LogP contribution >= 0.6 is 0 Å². The fourth-order valence-electron chi connectivity index (χ4n) is 3.39. The summed E-state index contributed by atoms with van der Waals surface area (Å²) in [5.41, 5.74) is 0.966. The van der Waals surface area contributed by atoms with Gasteiger partial charge in [0.05, 0.1) is 12.7 Å². The number of aromatic nitrogens is 1. The predicted molar refractivity (Wildman–Crippen MR) is 91.6 cm³/mol. The lowest BCUT2D eigenvalue weighted by Crippen LogP contribution is -2.42. The van der Waals surface area contributed by atoms with Crippen LogP contribution in [0.5, 0.6) is 5.75 Å². The van der Waals surface area contributed by atoms with Gasteiger partial charge in [-0.1, -0.05) is 17.3 Å². The minimum Gasteiger partial charge on any atom is -0.405 e. The van der Waals surface area contributed by atoms with Gasteiger partial charge in [0, 0.05) is 23.6 Å². The van der Waals surface area contributed by atoms with Gasteiger partial charge in [-0.3, -0.25) is 0 Å². The molecule has 0 amide bonds. The van der Waals surface area contributed by atoms with Crippen molar-refractivity contribution in [3.05, 3.63) is 35.6 Å². The molecule has 1 aromatic heterocycles. The van der Waals surface area contributed by atoms with Crippen LogP contribution in [0.4, 0.5) is 17.6 Å². The van der Waals surface area contributed by atoms with E-state index in [1.807, 2.05) is 0 Å². The van der Waals surface area contributed by atoms with Crippen molar-refractivity contribution in [1.82, 2.24) is 10.5 Å². The lowest BCUT2D eigenvalue weighted by molar-refractivity contribution is -0.274. The molecule has 1 aromatic carbocycles. The van der Waals surface area contributed by atoms with Crippen LogP contribution in [0.3, 0.4) is 0 Å². The Morgan fingerprint density at radius 2 is 1.96 bits per heavy atom. The molecule has 152 valence electrons. The van der Waals surface area contributed by atoms with E-state index >= 15 is 0 Å². The van der Waals surface area contributed by atoms with Crippen LogP contribution in [0, 0.1) is 0 Å². The molecule has 1 aliphatic carbocycles. The summed E-state index contributed by atoms with van der Waals surface area (Å²) in [6.07, 6.45) is -4.18. The second-order valence-corrected chi connectivity index (χ2v) is 7.05. The van der Waals surface area contributed by atoms with Crippen LogP contribution in [0.15, 0.2) is 28.8 Å². The van der Waals surface area contributed by atoms with Gasteiger partial charge in [-0.15, -0.1) is 13.2 Å². The van der Waals surface area contributed by atoms with Gasteiger partial charge in [-0.05, 0) is 37.9 Å². The summed E-state index contributed by atoms with van der Waals surface area (Å²) in [4.78, 5) is 0. The number of hydrogen-bond acceptors (Lipinski definition) is 5. The Morgan fingerprint density at radius 3 is 2.68 bits per heavy atom. The Morgan fingerprint density at radius 1 is 1.18 bits per heavy atom. The number of halogens is 4. The third kappa shape index (κ3) is 4.30. The molecule has 9 heteroatoms. The number of ether oxygens (including phenoxy) is 2. The maximum absolute atomic E-state index is 14.1. The van der Waals surface area contributed by atoms with E-state index in [-0.39, 0.29) is 36.1 Å². The molecule has 2 aliphatic rings. The number of benzene rings is 1. The number of alkyl halides is 4. The zero-order chi connectivity index (χ0) is 19.7. The van der Waals surface area contributed by atoms with Crippen molar-refractivity contribution < 1.29 is 31.6 Å². The molecule has 28 heavy (non-hydrogen) atoms. The second-order valence-electron chi connectivity index (χ2n) is 7.05. The molecule has 1 aliphatic heterocycles. The van der Waals surface area contributed by atoms with E-state index in [1.54, 1.807) is 6.07 Å². The van der Waals surface area contributed by atoms with Crippen LogP contribution in [0.2, 0.25) is 0 Å². The van der Waals surface area contributed by atoms with Crippen molar-refractivity contribution in [1.29, 1.82) is 0 Å². The number of hydrogen-bond donors (Lipinski definition) is 1. The highest BCUT2D eigenvalue weighted by atomic mass is 19.4. The third-order valence-electron chi connectivity index (χ3n) is 4.92. The molecular weight excluding hydrogens is 380 g/mol. The molecule has 2 atom stereocenters. The van der Waals surface area contributed by atoms with Crippen molar-refractivity contribution in [2.24, 2.45) is 0 Å². The highest BCUT2D eigenvalue weighted by molar-refractivity contribution is 5.70. The fraction of sp³-hybridized carbons (Fsp3) is 0.526. The van der Waals surface area contributed by atoms with Gasteiger partial charge in [0.2, 0.25) is 0 Å². The second kappa shape index (κ2) is 7.71. The van der Waals surface area contributed by atoms with Gasteiger partial charge in [0.15, 0.2) is 0 Å². The number of rotatable bonds is 6. The molecular formula is C19H20F4N2O3. The number of para-hydroxylation sites is 1. The monoisotopic (exact) mass is 400 g/mol. The Labute approximate surface area is 159 Å². The largest absolute Gasteiger partial charge is 0.573 e. The van der Waals surface area contributed by atoms with Gasteiger partial charge >= 0.3 is 6.36 Å². The topological polar surface area (TPSA) is 56.5 Å². The van der Waals surface area contributed by atoms with Gasteiger partial charge in [-0.25, -0.2) is 4.39 Å². The van der Waals surface area contributed by atoms with E-state index < -0.39 is 18.6 Å². The maximum atomic E-state index is 14.1. The van der Waals surface area contributed by atoms with E-state index in [0.717, 1.165) is 12.8 Å². The maximum Gasteiger partial charge on any atom is 0.573 e. The Balaban J connectivity index is 1.63. The number of nitrogens with one attached hydrogen (secondary N) is 1. The first-order valence-electron chi connectivity index (χ1n) is 9.22. The average Bonchev–Trinajstić information content (AvgIpc) is 3.40. The molecule has 1 saturated heterocycles. The lowest BCUT2D eigenvalue weighted by atomic mass is 10.0. The zero-order valence-corrected chi connectivity index (χ0v) is 15.0. The molecule has 2 fully saturated rings. The lowest BCUT2D eigenvalue weighted by Gasteiger charge is -2.26. The van der Waals surface area contributed by atoms with Gasteiger partial charge < -0.3 is 19.3 Å². The Bertz CT molecular complexity index is 820. The molecule has 5 nitrogen and oxygen atoms in total. The van der Waals surface area contributed by atoms with Gasteiger partial charge in [0.25, 0.3) is 0 Å². The molecule has 1 saturated carbocycles. The van der Waals surface area contributed by atoms with Crippen molar-refractivity contribution in [2.45, 2.75) is 50.4 Å². The summed E-state index contributed by atoms with van der Waals surface area (Å²) < 4.78 is 67.8. The molecule has 0 spiro atoms. The summed E-state index contributed by atoms with van der Waals surface area (Å²) in [5.74, 6) is 0.406. The van der Waals surface area contributed by atoms with Crippen LogP contribution in [-0.4, -0.2) is 36.9 Å². The highest BCUT2D eigenvalue weighted by Crippen LogP contribution is 2.45. The molecule has 0 bridgehead atoms. The quantitative estimate of drug-likeness (QED) is 0.732. The first kappa shape index (κ1) is 19.2. The van der Waals surface area contributed by atoms with E-state index in [1.165, 1.54) is 18.2 Å². The minimum atomic E-state index is -4.83. The summed E-state index contributed by atoms with van der Waals surface area (Å²) in [5, 5.41) is 6.97. The van der Waals surface area contributed by atoms with Gasteiger partial charge in [-0.2, -0.15) is 0 Å². The molecule has 1 N–H and O–H groups in total.